The lowest BCUT2D eigenvalue weighted by atomic mass is 10.1. The summed E-state index contributed by atoms with van der Waals surface area (Å²) in [5.41, 5.74) is 2.53. The average molecular weight is 274 g/mol. The molecule has 1 aliphatic rings. The fraction of sp³-hybridized carbons (Fsp3) is 0.438. The first-order chi connectivity index (χ1) is 9.76. The molecule has 0 aromatic heterocycles. The number of benzene rings is 1. The van der Waals surface area contributed by atoms with Gasteiger partial charge in [-0.2, -0.15) is 0 Å². The lowest BCUT2D eigenvalue weighted by Crippen LogP contribution is -2.29. The van der Waals surface area contributed by atoms with Crippen molar-refractivity contribution in [2.45, 2.75) is 25.8 Å². The van der Waals surface area contributed by atoms with Gasteiger partial charge in [0.1, 0.15) is 5.75 Å². The van der Waals surface area contributed by atoms with Crippen LogP contribution in [0.4, 0.5) is 0 Å². The van der Waals surface area contributed by atoms with E-state index in [2.05, 4.69) is 30.2 Å². The van der Waals surface area contributed by atoms with E-state index in [9.17, 15) is 4.79 Å². The fourth-order valence-corrected chi connectivity index (χ4v) is 2.59. The van der Waals surface area contributed by atoms with Gasteiger partial charge in [0.15, 0.2) is 6.61 Å². The molecule has 2 N–H and O–H groups in total. The summed E-state index contributed by atoms with van der Waals surface area (Å²) in [7, 11) is 0. The molecule has 0 bridgehead atoms. The van der Waals surface area contributed by atoms with Crippen LogP contribution < -0.4 is 15.4 Å². The number of amides is 1. The summed E-state index contributed by atoms with van der Waals surface area (Å²) in [5, 5.41) is 6.18. The van der Waals surface area contributed by atoms with E-state index in [0.717, 1.165) is 25.1 Å². The van der Waals surface area contributed by atoms with Crippen molar-refractivity contribution < 1.29 is 9.53 Å². The number of carbonyl (C=O) groups excluding carboxylic acids is 1. The molecule has 0 heterocycles. The third-order valence-corrected chi connectivity index (χ3v) is 3.48. The van der Waals surface area contributed by atoms with Crippen molar-refractivity contribution in [2.75, 3.05) is 19.7 Å². The second-order valence-electron chi connectivity index (χ2n) is 4.85. The van der Waals surface area contributed by atoms with Crippen LogP contribution in [0.25, 0.3) is 0 Å². The minimum absolute atomic E-state index is 0.0518. The van der Waals surface area contributed by atoms with Crippen LogP contribution in [-0.4, -0.2) is 25.6 Å². The van der Waals surface area contributed by atoms with Gasteiger partial charge in [0.25, 0.3) is 5.91 Å². The van der Waals surface area contributed by atoms with Crippen molar-refractivity contribution in [2.24, 2.45) is 0 Å². The van der Waals surface area contributed by atoms with Gasteiger partial charge < -0.3 is 15.4 Å². The average Bonchev–Trinajstić information content (AvgIpc) is 2.87. The van der Waals surface area contributed by atoms with Gasteiger partial charge in [-0.25, -0.2) is 0 Å². The SMILES string of the molecule is C=CCNC(=O)COc1cccc2c1CCC2NCC. The maximum atomic E-state index is 11.5. The Kier molecular flexibility index (Phi) is 5.18. The van der Waals surface area contributed by atoms with E-state index in [1.807, 2.05) is 12.1 Å². The highest BCUT2D eigenvalue weighted by Crippen LogP contribution is 2.36. The molecule has 1 amide bonds. The molecule has 0 saturated carbocycles. The molecule has 4 heteroatoms. The van der Waals surface area contributed by atoms with Crippen LogP contribution >= 0.6 is 0 Å². The van der Waals surface area contributed by atoms with Crippen LogP contribution in [0, 0.1) is 0 Å². The number of rotatable bonds is 7. The molecular formula is C16H22N2O2. The molecular weight excluding hydrogens is 252 g/mol. The highest BCUT2D eigenvalue weighted by Gasteiger charge is 2.24. The standard InChI is InChI=1S/C16H22N2O2/c1-3-10-18-16(19)11-20-15-7-5-6-12-13(15)8-9-14(12)17-4-2/h3,5-7,14,17H,1,4,8-11H2,2H3,(H,18,19). The Morgan fingerprint density at radius 1 is 1.55 bits per heavy atom. The fourth-order valence-electron chi connectivity index (χ4n) is 2.59. The summed E-state index contributed by atoms with van der Waals surface area (Å²) in [6.45, 7) is 7.15. The largest absolute Gasteiger partial charge is 0.483 e. The molecule has 0 saturated heterocycles. The van der Waals surface area contributed by atoms with Gasteiger partial charge in [-0.1, -0.05) is 25.1 Å². The van der Waals surface area contributed by atoms with Crippen molar-refractivity contribution >= 4 is 5.91 Å². The summed E-state index contributed by atoms with van der Waals surface area (Å²) < 4.78 is 5.66. The summed E-state index contributed by atoms with van der Waals surface area (Å²) in [5.74, 6) is 0.709. The molecule has 20 heavy (non-hydrogen) atoms. The Labute approximate surface area is 120 Å². The lowest BCUT2D eigenvalue weighted by molar-refractivity contribution is -0.122. The van der Waals surface area contributed by atoms with Crippen LogP contribution in [-0.2, 0) is 11.2 Å². The van der Waals surface area contributed by atoms with E-state index in [1.165, 1.54) is 11.1 Å². The van der Waals surface area contributed by atoms with Crippen LogP contribution in [0.2, 0.25) is 0 Å². The number of carbonyl (C=O) groups is 1. The minimum atomic E-state index is -0.122. The van der Waals surface area contributed by atoms with Gasteiger partial charge in [0.2, 0.25) is 0 Å². The second kappa shape index (κ2) is 7.10. The van der Waals surface area contributed by atoms with E-state index >= 15 is 0 Å². The van der Waals surface area contributed by atoms with Crippen molar-refractivity contribution in [1.82, 2.24) is 10.6 Å². The summed E-state index contributed by atoms with van der Waals surface area (Å²) in [4.78, 5) is 11.5. The van der Waals surface area contributed by atoms with E-state index in [-0.39, 0.29) is 12.5 Å². The zero-order valence-electron chi connectivity index (χ0n) is 11.9. The Bertz CT molecular complexity index is 485. The Hall–Kier alpha value is -1.81. The van der Waals surface area contributed by atoms with Gasteiger partial charge in [-0.15, -0.1) is 6.58 Å². The second-order valence-corrected chi connectivity index (χ2v) is 4.85. The van der Waals surface area contributed by atoms with Crippen molar-refractivity contribution in [3.8, 4) is 5.75 Å². The topological polar surface area (TPSA) is 50.4 Å². The molecule has 4 nitrogen and oxygen atoms in total. The van der Waals surface area contributed by atoms with E-state index in [4.69, 9.17) is 4.74 Å². The quantitative estimate of drug-likeness (QED) is 0.747. The number of fused-ring (bicyclic) bond motifs is 1. The third kappa shape index (κ3) is 3.39. The predicted octanol–water partition coefficient (Wildman–Crippen LogP) is 1.96. The van der Waals surface area contributed by atoms with Crippen LogP contribution in [0.1, 0.15) is 30.5 Å². The summed E-state index contributed by atoms with van der Waals surface area (Å²) in [6, 6.07) is 6.48. The van der Waals surface area contributed by atoms with Crippen molar-refractivity contribution in [3.05, 3.63) is 42.0 Å². The number of hydrogen-bond acceptors (Lipinski definition) is 3. The van der Waals surface area contributed by atoms with Crippen LogP contribution in [0.5, 0.6) is 5.75 Å². The third-order valence-electron chi connectivity index (χ3n) is 3.48. The highest BCUT2D eigenvalue weighted by atomic mass is 16.5. The van der Waals surface area contributed by atoms with Gasteiger partial charge in [0.05, 0.1) is 0 Å². The Balaban J connectivity index is 2.00. The smallest absolute Gasteiger partial charge is 0.258 e. The monoisotopic (exact) mass is 274 g/mol. The highest BCUT2D eigenvalue weighted by molar-refractivity contribution is 5.77. The lowest BCUT2D eigenvalue weighted by Gasteiger charge is -2.14. The summed E-state index contributed by atoms with van der Waals surface area (Å²) >= 11 is 0. The maximum Gasteiger partial charge on any atom is 0.258 e. The zero-order chi connectivity index (χ0) is 14.4. The van der Waals surface area contributed by atoms with Crippen molar-refractivity contribution in [3.63, 3.8) is 0 Å². The molecule has 0 radical (unpaired) electrons. The molecule has 1 aliphatic carbocycles. The van der Waals surface area contributed by atoms with E-state index in [1.54, 1.807) is 6.08 Å². The van der Waals surface area contributed by atoms with Crippen LogP contribution in [0.15, 0.2) is 30.9 Å². The molecule has 0 aliphatic heterocycles. The Morgan fingerprint density at radius 2 is 2.40 bits per heavy atom. The number of hydrogen-bond donors (Lipinski definition) is 2. The molecule has 108 valence electrons. The molecule has 1 aromatic rings. The minimum Gasteiger partial charge on any atom is -0.483 e. The predicted molar refractivity (Wildman–Crippen MR) is 79.9 cm³/mol. The first-order valence-electron chi connectivity index (χ1n) is 7.11. The van der Waals surface area contributed by atoms with E-state index < -0.39 is 0 Å². The van der Waals surface area contributed by atoms with E-state index in [0.29, 0.717) is 12.6 Å². The van der Waals surface area contributed by atoms with Crippen molar-refractivity contribution in [1.29, 1.82) is 0 Å². The first kappa shape index (κ1) is 14.6. The number of ether oxygens (including phenoxy) is 1. The normalized spacial score (nSPS) is 16.6. The maximum absolute atomic E-state index is 11.5. The molecule has 0 spiro atoms. The number of nitrogens with one attached hydrogen (secondary N) is 2. The summed E-state index contributed by atoms with van der Waals surface area (Å²) in [6.07, 6.45) is 3.74. The first-order valence-corrected chi connectivity index (χ1v) is 7.11. The molecule has 1 atom stereocenters. The van der Waals surface area contributed by atoms with Gasteiger partial charge >= 0.3 is 0 Å². The van der Waals surface area contributed by atoms with Gasteiger partial charge in [0, 0.05) is 12.6 Å². The molecule has 1 aromatic carbocycles. The van der Waals surface area contributed by atoms with Gasteiger partial charge in [-0.3, -0.25) is 4.79 Å². The van der Waals surface area contributed by atoms with Crippen LogP contribution in [0.3, 0.4) is 0 Å². The Morgan fingerprint density at radius 3 is 3.15 bits per heavy atom. The van der Waals surface area contributed by atoms with Gasteiger partial charge in [-0.05, 0) is 36.6 Å². The zero-order valence-corrected chi connectivity index (χ0v) is 11.9. The molecule has 1 unspecified atom stereocenters. The molecule has 2 rings (SSSR count). The molecule has 0 fully saturated rings.